The van der Waals surface area contributed by atoms with Crippen molar-refractivity contribution in [2.45, 2.75) is 38.3 Å². The van der Waals surface area contributed by atoms with Crippen molar-refractivity contribution in [3.8, 4) is 0 Å². The van der Waals surface area contributed by atoms with Crippen LogP contribution in [0.1, 0.15) is 43.5 Å². The van der Waals surface area contributed by atoms with Gasteiger partial charge in [0.05, 0.1) is 11.7 Å². The molecule has 134 valence electrons. The highest BCUT2D eigenvalue weighted by Crippen LogP contribution is 2.34. The Kier molecular flexibility index (Phi) is 5.18. The molecule has 2 atom stereocenters. The summed E-state index contributed by atoms with van der Waals surface area (Å²) in [5.74, 6) is 2.03. The summed E-state index contributed by atoms with van der Waals surface area (Å²) in [5, 5.41) is 0. The zero-order chi connectivity index (χ0) is 18.0. The first-order valence-electron chi connectivity index (χ1n) is 8.78. The fourth-order valence-electron chi connectivity index (χ4n) is 3.12. The smallest absolute Gasteiger partial charge is 0.227 e. The van der Waals surface area contributed by atoms with E-state index in [2.05, 4.69) is 47.9 Å². The minimum atomic E-state index is 0.0129. The van der Waals surface area contributed by atoms with Crippen LogP contribution in [-0.2, 0) is 4.74 Å². The van der Waals surface area contributed by atoms with Crippen molar-refractivity contribution in [2.75, 3.05) is 37.5 Å². The number of likely N-dealkylation sites (N-methyl/N-ethyl adjacent to an activating group) is 1. The second-order valence-electron chi connectivity index (χ2n) is 7.04. The van der Waals surface area contributed by atoms with E-state index in [4.69, 9.17) is 9.72 Å². The molecule has 0 unspecified atom stereocenters. The summed E-state index contributed by atoms with van der Waals surface area (Å²) in [6.07, 6.45) is 4.66. The predicted molar refractivity (Wildman–Crippen MR) is 100 cm³/mol. The first-order valence-corrected chi connectivity index (χ1v) is 8.78. The van der Waals surface area contributed by atoms with Gasteiger partial charge in [0.2, 0.25) is 5.95 Å². The summed E-state index contributed by atoms with van der Waals surface area (Å²) >= 11 is 0. The van der Waals surface area contributed by atoms with E-state index in [-0.39, 0.29) is 12.1 Å². The van der Waals surface area contributed by atoms with Gasteiger partial charge in [-0.3, -0.25) is 4.98 Å². The van der Waals surface area contributed by atoms with Gasteiger partial charge in [-0.15, -0.1) is 0 Å². The normalized spacial score (nSPS) is 20.1. The Labute approximate surface area is 149 Å². The number of hydrogen-bond donors (Lipinski definition) is 0. The highest BCUT2D eigenvalue weighted by Gasteiger charge is 2.34. The Morgan fingerprint density at radius 3 is 2.64 bits per heavy atom. The summed E-state index contributed by atoms with van der Waals surface area (Å²) in [6.45, 7) is 5.06. The molecule has 0 amide bonds. The first-order chi connectivity index (χ1) is 12.0. The van der Waals surface area contributed by atoms with Gasteiger partial charge in [-0.2, -0.15) is 4.98 Å². The fourth-order valence-corrected chi connectivity index (χ4v) is 3.12. The van der Waals surface area contributed by atoms with E-state index in [1.165, 1.54) is 0 Å². The molecule has 2 aromatic rings. The van der Waals surface area contributed by atoms with Gasteiger partial charge in [-0.25, -0.2) is 4.98 Å². The lowest BCUT2D eigenvalue weighted by Crippen LogP contribution is -2.35. The van der Waals surface area contributed by atoms with Crippen LogP contribution in [0.25, 0.3) is 0 Å². The van der Waals surface area contributed by atoms with Crippen LogP contribution in [0.4, 0.5) is 11.8 Å². The van der Waals surface area contributed by atoms with Gasteiger partial charge in [0.25, 0.3) is 0 Å². The van der Waals surface area contributed by atoms with Gasteiger partial charge in [0.1, 0.15) is 11.9 Å². The largest absolute Gasteiger partial charge is 0.371 e. The maximum atomic E-state index is 6.01. The third-order valence-corrected chi connectivity index (χ3v) is 4.64. The molecule has 0 radical (unpaired) electrons. The maximum Gasteiger partial charge on any atom is 0.227 e. The molecule has 0 saturated carbocycles. The van der Waals surface area contributed by atoms with Crippen LogP contribution < -0.4 is 9.80 Å². The number of pyridine rings is 1. The quantitative estimate of drug-likeness (QED) is 0.833. The highest BCUT2D eigenvalue weighted by atomic mass is 16.5. The summed E-state index contributed by atoms with van der Waals surface area (Å²) in [6, 6.07) is 6.36. The predicted octanol–water partition coefficient (Wildman–Crippen LogP) is 3.03. The standard InChI is InChI=1S/C19H27N5O/c1-13(2)15-11-17(22-19(21-15)23(3)4)24(5)16-8-10-25-18(16)14-7-6-9-20-12-14/h6-7,9,11-13,16,18H,8,10H2,1-5H3/t16-,18+/m0/s1. The van der Waals surface area contributed by atoms with Crippen molar-refractivity contribution in [3.05, 3.63) is 41.9 Å². The van der Waals surface area contributed by atoms with Crippen LogP contribution in [0.15, 0.2) is 30.6 Å². The van der Waals surface area contributed by atoms with Crippen molar-refractivity contribution in [3.63, 3.8) is 0 Å². The van der Waals surface area contributed by atoms with Gasteiger partial charge in [-0.1, -0.05) is 19.9 Å². The van der Waals surface area contributed by atoms with Crippen LogP contribution >= 0.6 is 0 Å². The average Bonchev–Trinajstić information content (AvgIpc) is 3.11. The molecule has 1 aliphatic heterocycles. The second kappa shape index (κ2) is 7.35. The summed E-state index contributed by atoms with van der Waals surface area (Å²) in [5.41, 5.74) is 2.17. The molecule has 3 heterocycles. The Balaban J connectivity index is 1.92. The van der Waals surface area contributed by atoms with Gasteiger partial charge < -0.3 is 14.5 Å². The lowest BCUT2D eigenvalue weighted by atomic mass is 10.0. The molecule has 1 saturated heterocycles. The van der Waals surface area contributed by atoms with E-state index < -0.39 is 0 Å². The molecule has 0 aromatic carbocycles. The monoisotopic (exact) mass is 341 g/mol. The summed E-state index contributed by atoms with van der Waals surface area (Å²) in [7, 11) is 6.04. The molecule has 2 aromatic heterocycles. The van der Waals surface area contributed by atoms with Gasteiger partial charge in [-0.05, 0) is 18.4 Å². The molecule has 3 rings (SSSR count). The minimum absolute atomic E-state index is 0.0129. The second-order valence-corrected chi connectivity index (χ2v) is 7.04. The average molecular weight is 341 g/mol. The molecule has 1 aliphatic rings. The number of ether oxygens (including phenoxy) is 1. The highest BCUT2D eigenvalue weighted by molar-refractivity contribution is 5.47. The van der Waals surface area contributed by atoms with Crippen molar-refractivity contribution in [1.82, 2.24) is 15.0 Å². The molecule has 0 aliphatic carbocycles. The van der Waals surface area contributed by atoms with Crippen LogP contribution in [0.5, 0.6) is 0 Å². The third-order valence-electron chi connectivity index (χ3n) is 4.64. The third kappa shape index (κ3) is 3.74. The zero-order valence-electron chi connectivity index (χ0n) is 15.7. The van der Waals surface area contributed by atoms with E-state index in [9.17, 15) is 0 Å². The van der Waals surface area contributed by atoms with E-state index >= 15 is 0 Å². The molecule has 0 spiro atoms. The Hall–Kier alpha value is -2.21. The number of anilines is 2. The van der Waals surface area contributed by atoms with Gasteiger partial charge in [0.15, 0.2) is 0 Å². The topological polar surface area (TPSA) is 54.4 Å². The fraction of sp³-hybridized carbons (Fsp3) is 0.526. The Morgan fingerprint density at radius 2 is 2.00 bits per heavy atom. The number of aromatic nitrogens is 3. The maximum absolute atomic E-state index is 6.01. The summed E-state index contributed by atoms with van der Waals surface area (Å²) in [4.78, 5) is 17.8. The molecule has 6 nitrogen and oxygen atoms in total. The lowest BCUT2D eigenvalue weighted by Gasteiger charge is -2.30. The van der Waals surface area contributed by atoms with E-state index in [1.807, 2.05) is 31.3 Å². The van der Waals surface area contributed by atoms with E-state index in [0.717, 1.165) is 36.1 Å². The van der Waals surface area contributed by atoms with Crippen LogP contribution in [0, 0.1) is 0 Å². The molecule has 6 heteroatoms. The van der Waals surface area contributed by atoms with Crippen molar-refractivity contribution >= 4 is 11.8 Å². The Morgan fingerprint density at radius 1 is 1.20 bits per heavy atom. The zero-order valence-corrected chi connectivity index (χ0v) is 15.7. The summed E-state index contributed by atoms with van der Waals surface area (Å²) < 4.78 is 6.01. The molecular weight excluding hydrogens is 314 g/mol. The first kappa shape index (κ1) is 17.6. The number of rotatable bonds is 5. The van der Waals surface area contributed by atoms with Gasteiger partial charge >= 0.3 is 0 Å². The van der Waals surface area contributed by atoms with Crippen molar-refractivity contribution in [1.29, 1.82) is 0 Å². The molecule has 25 heavy (non-hydrogen) atoms. The SMILES string of the molecule is CC(C)c1cc(N(C)[C@H]2CCO[C@@H]2c2cccnc2)nc(N(C)C)n1. The molecular formula is C19H27N5O. The van der Waals surface area contributed by atoms with Crippen molar-refractivity contribution in [2.24, 2.45) is 0 Å². The molecule has 1 fully saturated rings. The van der Waals surface area contributed by atoms with Crippen LogP contribution in [0.3, 0.4) is 0 Å². The van der Waals surface area contributed by atoms with Crippen molar-refractivity contribution < 1.29 is 4.74 Å². The minimum Gasteiger partial charge on any atom is -0.371 e. The molecule has 0 N–H and O–H groups in total. The van der Waals surface area contributed by atoms with E-state index in [0.29, 0.717) is 5.92 Å². The van der Waals surface area contributed by atoms with E-state index in [1.54, 1.807) is 6.20 Å². The molecule has 0 bridgehead atoms. The lowest BCUT2D eigenvalue weighted by molar-refractivity contribution is 0.104. The number of hydrogen-bond acceptors (Lipinski definition) is 6. The van der Waals surface area contributed by atoms with Gasteiger partial charge in [0, 0.05) is 51.8 Å². The Bertz CT molecular complexity index is 678. The van der Waals surface area contributed by atoms with Crippen LogP contribution in [0.2, 0.25) is 0 Å². The van der Waals surface area contributed by atoms with Crippen LogP contribution in [-0.4, -0.2) is 48.7 Å². The number of nitrogens with zero attached hydrogens (tertiary/aromatic N) is 5.